The predicted octanol–water partition coefficient (Wildman–Crippen LogP) is 3.79. The van der Waals surface area contributed by atoms with E-state index in [9.17, 15) is 9.59 Å². The van der Waals surface area contributed by atoms with Crippen LogP contribution < -0.4 is 16.0 Å². The number of para-hydroxylation sites is 1. The van der Waals surface area contributed by atoms with Crippen LogP contribution in [0.3, 0.4) is 0 Å². The fourth-order valence-electron chi connectivity index (χ4n) is 3.74. The number of hydrogen-bond donors (Lipinski definition) is 2. The lowest BCUT2D eigenvalue weighted by molar-refractivity contribution is -0.119. The average molecular weight is 365 g/mol. The highest BCUT2D eigenvalue weighted by atomic mass is 16.2. The van der Waals surface area contributed by atoms with Gasteiger partial charge < -0.3 is 16.0 Å². The van der Waals surface area contributed by atoms with Gasteiger partial charge in [-0.2, -0.15) is 0 Å². The Kier molecular flexibility index (Phi) is 5.79. The summed E-state index contributed by atoms with van der Waals surface area (Å²) in [7, 11) is 0. The summed E-state index contributed by atoms with van der Waals surface area (Å²) in [6.07, 6.45) is 2.38. The van der Waals surface area contributed by atoms with Crippen LogP contribution in [0.2, 0.25) is 0 Å². The molecule has 142 valence electrons. The van der Waals surface area contributed by atoms with E-state index < -0.39 is 0 Å². The Balaban J connectivity index is 1.79. The minimum atomic E-state index is -0.281. The molecule has 0 saturated carbocycles. The van der Waals surface area contributed by atoms with E-state index in [4.69, 9.17) is 5.73 Å². The Labute approximate surface area is 160 Å². The lowest BCUT2D eigenvalue weighted by Gasteiger charge is -2.40. The van der Waals surface area contributed by atoms with E-state index in [-0.39, 0.29) is 23.9 Å². The summed E-state index contributed by atoms with van der Waals surface area (Å²) in [5, 5.41) is 3.61. The number of carbonyl (C=O) groups excluding carboxylic acids is 2. The van der Waals surface area contributed by atoms with Gasteiger partial charge in [-0.05, 0) is 49.1 Å². The van der Waals surface area contributed by atoms with Gasteiger partial charge in [0.05, 0.1) is 6.04 Å². The molecule has 2 aromatic rings. The summed E-state index contributed by atoms with van der Waals surface area (Å²) in [5.74, 6) is -0.122. The van der Waals surface area contributed by atoms with Crippen molar-refractivity contribution in [2.24, 2.45) is 5.73 Å². The van der Waals surface area contributed by atoms with Crippen LogP contribution in [0.15, 0.2) is 48.5 Å². The number of anilines is 2. The minimum absolute atomic E-state index is 0.139. The average Bonchev–Trinajstić information content (AvgIpc) is 2.67. The van der Waals surface area contributed by atoms with Crippen molar-refractivity contribution in [1.82, 2.24) is 0 Å². The Morgan fingerprint density at radius 1 is 1.15 bits per heavy atom. The molecule has 2 atom stereocenters. The predicted molar refractivity (Wildman–Crippen MR) is 109 cm³/mol. The second kappa shape index (κ2) is 8.25. The van der Waals surface area contributed by atoms with Gasteiger partial charge in [-0.1, -0.05) is 37.3 Å². The first-order chi connectivity index (χ1) is 13.0. The van der Waals surface area contributed by atoms with E-state index in [1.807, 2.05) is 54.3 Å². The maximum Gasteiger partial charge on any atom is 0.226 e. The molecule has 3 N–H and O–H groups in total. The first kappa shape index (κ1) is 19.0. The monoisotopic (exact) mass is 365 g/mol. The minimum Gasteiger partial charge on any atom is -0.378 e. The molecule has 3 rings (SSSR count). The van der Waals surface area contributed by atoms with Gasteiger partial charge in [-0.3, -0.25) is 9.59 Å². The van der Waals surface area contributed by atoms with Crippen molar-refractivity contribution in [2.75, 3.05) is 10.2 Å². The zero-order valence-corrected chi connectivity index (χ0v) is 15.9. The molecule has 0 saturated heterocycles. The van der Waals surface area contributed by atoms with Gasteiger partial charge in [-0.25, -0.2) is 0 Å². The summed E-state index contributed by atoms with van der Waals surface area (Å²) < 4.78 is 0. The maximum absolute atomic E-state index is 12.4. The molecule has 0 spiro atoms. The Bertz CT molecular complexity index is 817. The highest BCUT2D eigenvalue weighted by Crippen LogP contribution is 2.39. The van der Waals surface area contributed by atoms with Crippen LogP contribution in [0, 0.1) is 0 Å². The van der Waals surface area contributed by atoms with Gasteiger partial charge in [0.15, 0.2) is 0 Å². The van der Waals surface area contributed by atoms with E-state index in [2.05, 4.69) is 18.3 Å². The topological polar surface area (TPSA) is 75.4 Å². The molecule has 1 aliphatic rings. The SMILES string of the molecule is CCC(=O)N1c2ccccc2[C@H](Nc2ccc(CCC(N)=O)cc2)C[C@@H]1C. The molecule has 0 fully saturated rings. The molecule has 0 bridgehead atoms. The van der Waals surface area contributed by atoms with E-state index in [0.29, 0.717) is 19.3 Å². The van der Waals surface area contributed by atoms with Crippen LogP contribution in [-0.4, -0.2) is 17.9 Å². The molecule has 0 unspecified atom stereocenters. The summed E-state index contributed by atoms with van der Waals surface area (Å²) in [6, 6.07) is 16.5. The van der Waals surface area contributed by atoms with Crippen LogP contribution in [-0.2, 0) is 16.0 Å². The molecule has 27 heavy (non-hydrogen) atoms. The zero-order chi connectivity index (χ0) is 19.4. The van der Waals surface area contributed by atoms with Gasteiger partial charge in [0.1, 0.15) is 0 Å². The third-order valence-electron chi connectivity index (χ3n) is 5.12. The number of aryl methyl sites for hydroxylation is 1. The van der Waals surface area contributed by atoms with E-state index in [1.165, 1.54) is 0 Å². The van der Waals surface area contributed by atoms with Gasteiger partial charge in [0.2, 0.25) is 11.8 Å². The summed E-state index contributed by atoms with van der Waals surface area (Å²) >= 11 is 0. The number of primary amides is 1. The zero-order valence-electron chi connectivity index (χ0n) is 15.9. The molecule has 1 heterocycles. The maximum atomic E-state index is 12.4. The van der Waals surface area contributed by atoms with Gasteiger partial charge in [0, 0.05) is 30.3 Å². The molecule has 0 radical (unpaired) electrons. The summed E-state index contributed by atoms with van der Waals surface area (Å²) in [5.41, 5.74) is 9.48. The van der Waals surface area contributed by atoms with Gasteiger partial charge >= 0.3 is 0 Å². The smallest absolute Gasteiger partial charge is 0.226 e. The molecular formula is C22H27N3O2. The molecular weight excluding hydrogens is 338 g/mol. The quantitative estimate of drug-likeness (QED) is 0.818. The van der Waals surface area contributed by atoms with E-state index in [0.717, 1.165) is 28.9 Å². The number of fused-ring (bicyclic) bond motifs is 1. The fourth-order valence-corrected chi connectivity index (χ4v) is 3.74. The number of hydrogen-bond acceptors (Lipinski definition) is 3. The Hall–Kier alpha value is -2.82. The van der Waals surface area contributed by atoms with Crippen molar-refractivity contribution in [2.45, 2.75) is 51.6 Å². The number of amides is 2. The van der Waals surface area contributed by atoms with Crippen molar-refractivity contribution in [3.05, 3.63) is 59.7 Å². The van der Waals surface area contributed by atoms with Crippen molar-refractivity contribution in [3.8, 4) is 0 Å². The molecule has 1 aliphatic heterocycles. The number of nitrogens with one attached hydrogen (secondary N) is 1. The second-order valence-electron chi connectivity index (χ2n) is 7.12. The standard InChI is InChI=1S/C22H27N3O2/c1-3-22(27)25-15(2)14-19(18-6-4-5-7-20(18)25)24-17-11-8-16(9-12-17)10-13-21(23)26/h4-9,11-12,15,19,24H,3,10,13-14H2,1-2H3,(H2,23,26)/t15-,19+/m0/s1. The number of carbonyl (C=O) groups is 2. The van der Waals surface area contributed by atoms with Crippen molar-refractivity contribution in [3.63, 3.8) is 0 Å². The second-order valence-corrected chi connectivity index (χ2v) is 7.12. The van der Waals surface area contributed by atoms with Crippen molar-refractivity contribution < 1.29 is 9.59 Å². The van der Waals surface area contributed by atoms with Crippen LogP contribution in [0.4, 0.5) is 11.4 Å². The third-order valence-corrected chi connectivity index (χ3v) is 5.12. The highest BCUT2D eigenvalue weighted by molar-refractivity contribution is 5.95. The largest absolute Gasteiger partial charge is 0.378 e. The first-order valence-corrected chi connectivity index (χ1v) is 9.54. The van der Waals surface area contributed by atoms with E-state index in [1.54, 1.807) is 0 Å². The Morgan fingerprint density at radius 3 is 2.52 bits per heavy atom. The highest BCUT2D eigenvalue weighted by Gasteiger charge is 2.32. The van der Waals surface area contributed by atoms with Crippen LogP contribution in [0.5, 0.6) is 0 Å². The summed E-state index contributed by atoms with van der Waals surface area (Å²) in [6.45, 7) is 4.01. The van der Waals surface area contributed by atoms with E-state index >= 15 is 0 Å². The van der Waals surface area contributed by atoms with Gasteiger partial charge in [-0.15, -0.1) is 0 Å². The lowest BCUT2D eigenvalue weighted by atomic mass is 9.91. The van der Waals surface area contributed by atoms with Crippen LogP contribution >= 0.6 is 0 Å². The fraction of sp³-hybridized carbons (Fsp3) is 0.364. The molecule has 5 heteroatoms. The molecule has 2 aromatic carbocycles. The lowest BCUT2D eigenvalue weighted by Crippen LogP contribution is -2.44. The summed E-state index contributed by atoms with van der Waals surface area (Å²) in [4.78, 5) is 25.3. The first-order valence-electron chi connectivity index (χ1n) is 9.54. The number of nitrogens with zero attached hydrogens (tertiary/aromatic N) is 1. The number of benzene rings is 2. The van der Waals surface area contributed by atoms with Crippen LogP contribution in [0.1, 0.15) is 50.3 Å². The normalized spacial score (nSPS) is 18.7. The van der Waals surface area contributed by atoms with Crippen molar-refractivity contribution in [1.29, 1.82) is 0 Å². The third kappa shape index (κ3) is 4.30. The Morgan fingerprint density at radius 2 is 1.85 bits per heavy atom. The molecule has 0 aliphatic carbocycles. The number of nitrogens with two attached hydrogens (primary N) is 1. The molecule has 0 aromatic heterocycles. The number of rotatable bonds is 6. The van der Waals surface area contributed by atoms with Gasteiger partial charge in [0.25, 0.3) is 0 Å². The van der Waals surface area contributed by atoms with Crippen molar-refractivity contribution >= 4 is 23.2 Å². The molecule has 5 nitrogen and oxygen atoms in total. The van der Waals surface area contributed by atoms with Crippen LogP contribution in [0.25, 0.3) is 0 Å². The molecule has 2 amide bonds.